The summed E-state index contributed by atoms with van der Waals surface area (Å²) in [7, 11) is 0. The van der Waals surface area contributed by atoms with Crippen LogP contribution in [0.4, 0.5) is 10.5 Å². The first kappa shape index (κ1) is 17.2. The van der Waals surface area contributed by atoms with Gasteiger partial charge in [0.2, 0.25) is 0 Å². The number of nitrogens with one attached hydrogen (secondary N) is 1. The van der Waals surface area contributed by atoms with E-state index in [-0.39, 0.29) is 11.4 Å². The molecule has 3 rings (SSSR count). The summed E-state index contributed by atoms with van der Waals surface area (Å²) in [5.41, 5.74) is 3.16. The van der Waals surface area contributed by atoms with Crippen LogP contribution in [-0.2, 0) is 14.9 Å². The lowest BCUT2D eigenvalue weighted by Gasteiger charge is -2.37. The van der Waals surface area contributed by atoms with Crippen molar-refractivity contribution < 1.29 is 14.3 Å². The summed E-state index contributed by atoms with van der Waals surface area (Å²) in [5, 5.41) is 3.14. The smallest absolute Gasteiger partial charge is 0.321 e. The molecule has 2 heterocycles. The van der Waals surface area contributed by atoms with Gasteiger partial charge in [-0.25, -0.2) is 4.79 Å². The van der Waals surface area contributed by atoms with E-state index < -0.39 is 5.79 Å². The Morgan fingerprint density at radius 3 is 2.38 bits per heavy atom. The van der Waals surface area contributed by atoms with Gasteiger partial charge in [0.1, 0.15) is 0 Å². The predicted octanol–water partition coefficient (Wildman–Crippen LogP) is 3.66. The van der Waals surface area contributed by atoms with E-state index in [4.69, 9.17) is 9.47 Å². The lowest BCUT2D eigenvalue weighted by molar-refractivity contribution is -0.181. The molecule has 0 radical (unpaired) electrons. The van der Waals surface area contributed by atoms with Crippen molar-refractivity contribution in [2.45, 2.75) is 51.7 Å². The Morgan fingerprint density at radius 2 is 1.79 bits per heavy atom. The van der Waals surface area contributed by atoms with Gasteiger partial charge in [0.25, 0.3) is 0 Å². The fourth-order valence-corrected chi connectivity index (χ4v) is 3.48. The molecule has 2 amide bonds. The van der Waals surface area contributed by atoms with Gasteiger partial charge < -0.3 is 19.7 Å². The van der Waals surface area contributed by atoms with E-state index in [1.165, 1.54) is 0 Å². The molecule has 0 unspecified atom stereocenters. The molecule has 1 aromatic carbocycles. The molecule has 1 N–H and O–H groups in total. The molecule has 2 aliphatic heterocycles. The minimum Gasteiger partial charge on any atom is -0.347 e. The van der Waals surface area contributed by atoms with Gasteiger partial charge >= 0.3 is 6.03 Å². The van der Waals surface area contributed by atoms with Crippen molar-refractivity contribution in [1.82, 2.24) is 4.90 Å². The number of carbonyl (C=O) groups excluding carboxylic acids is 1. The van der Waals surface area contributed by atoms with Crippen molar-refractivity contribution in [3.8, 4) is 0 Å². The highest BCUT2D eigenvalue weighted by Crippen LogP contribution is 2.34. The Labute approximate surface area is 144 Å². The summed E-state index contributed by atoms with van der Waals surface area (Å²) in [6.07, 6.45) is 1.47. The third-order valence-corrected chi connectivity index (χ3v) is 4.94. The predicted molar refractivity (Wildman–Crippen MR) is 94.3 cm³/mol. The van der Waals surface area contributed by atoms with Crippen molar-refractivity contribution in [3.63, 3.8) is 0 Å². The number of urea groups is 1. The number of ether oxygens (including phenoxy) is 2. The van der Waals surface area contributed by atoms with Gasteiger partial charge in [-0.3, -0.25) is 0 Å². The van der Waals surface area contributed by atoms with Crippen molar-refractivity contribution in [3.05, 3.63) is 29.3 Å². The van der Waals surface area contributed by atoms with Crippen molar-refractivity contribution in [1.29, 1.82) is 0 Å². The minimum absolute atomic E-state index is 0.0217. The van der Waals surface area contributed by atoms with Crippen molar-refractivity contribution >= 4 is 11.7 Å². The zero-order valence-corrected chi connectivity index (χ0v) is 15.1. The van der Waals surface area contributed by atoms with Crippen LogP contribution in [0.5, 0.6) is 0 Å². The molecule has 1 aromatic rings. The molecule has 5 heteroatoms. The minimum atomic E-state index is -0.448. The molecular formula is C19H28N2O3. The largest absolute Gasteiger partial charge is 0.347 e. The molecule has 0 aliphatic carbocycles. The first-order chi connectivity index (χ1) is 11.3. The van der Waals surface area contributed by atoms with E-state index >= 15 is 0 Å². The lowest BCUT2D eigenvalue weighted by Crippen LogP contribution is -2.48. The second kappa shape index (κ2) is 6.37. The van der Waals surface area contributed by atoms with Crippen LogP contribution in [0.1, 0.15) is 44.7 Å². The number of carbonyl (C=O) groups is 1. The number of amides is 2. The number of likely N-dealkylation sites (tertiary alicyclic amines) is 1. The number of benzene rings is 1. The van der Waals surface area contributed by atoms with Gasteiger partial charge in [0, 0.05) is 31.6 Å². The van der Waals surface area contributed by atoms with Crippen LogP contribution in [0.15, 0.2) is 18.2 Å². The molecule has 0 atom stereocenters. The number of rotatable bonds is 1. The highest BCUT2D eigenvalue weighted by Gasteiger charge is 2.40. The molecule has 2 aliphatic rings. The lowest BCUT2D eigenvalue weighted by atomic mass is 9.84. The second-order valence-electron chi connectivity index (χ2n) is 7.77. The van der Waals surface area contributed by atoms with Gasteiger partial charge in [0.15, 0.2) is 5.79 Å². The number of para-hydroxylation sites is 1. The van der Waals surface area contributed by atoms with Gasteiger partial charge in [-0.05, 0) is 23.5 Å². The zero-order chi connectivity index (χ0) is 17.4. The molecule has 2 fully saturated rings. The van der Waals surface area contributed by atoms with Gasteiger partial charge in [-0.2, -0.15) is 0 Å². The van der Waals surface area contributed by atoms with E-state index in [2.05, 4.69) is 32.2 Å². The topological polar surface area (TPSA) is 50.8 Å². The third-order valence-electron chi connectivity index (χ3n) is 4.94. The van der Waals surface area contributed by atoms with Crippen LogP contribution in [-0.4, -0.2) is 43.0 Å². The normalized spacial score (nSPS) is 20.4. The monoisotopic (exact) mass is 332 g/mol. The first-order valence-corrected chi connectivity index (χ1v) is 8.75. The average molecular weight is 332 g/mol. The van der Waals surface area contributed by atoms with Crippen molar-refractivity contribution in [2.75, 3.05) is 31.6 Å². The first-order valence-electron chi connectivity index (χ1n) is 8.75. The number of hydrogen-bond donors (Lipinski definition) is 1. The SMILES string of the molecule is Cc1cccc(C(C)(C)C)c1NC(=O)N1CCC2(CC1)OCCO2. The summed E-state index contributed by atoms with van der Waals surface area (Å²) >= 11 is 0. The van der Waals surface area contributed by atoms with Crippen LogP contribution >= 0.6 is 0 Å². The van der Waals surface area contributed by atoms with Crippen LogP contribution < -0.4 is 5.32 Å². The maximum atomic E-state index is 12.7. The molecular weight excluding hydrogens is 304 g/mol. The number of hydrogen-bond acceptors (Lipinski definition) is 3. The molecule has 2 saturated heterocycles. The zero-order valence-electron chi connectivity index (χ0n) is 15.1. The highest BCUT2D eigenvalue weighted by molar-refractivity contribution is 5.91. The summed E-state index contributed by atoms with van der Waals surface area (Å²) in [4.78, 5) is 14.6. The van der Waals surface area contributed by atoms with Crippen molar-refractivity contribution in [2.24, 2.45) is 0 Å². The van der Waals surface area contributed by atoms with E-state index in [9.17, 15) is 4.79 Å². The van der Waals surface area contributed by atoms with E-state index in [0.29, 0.717) is 26.3 Å². The molecule has 0 bridgehead atoms. The summed E-state index contributed by atoms with van der Waals surface area (Å²) < 4.78 is 11.5. The van der Waals surface area contributed by atoms with Crippen LogP contribution in [0.3, 0.4) is 0 Å². The Morgan fingerprint density at radius 1 is 1.17 bits per heavy atom. The van der Waals surface area contributed by atoms with Gasteiger partial charge in [0.05, 0.1) is 13.2 Å². The van der Waals surface area contributed by atoms with Crippen LogP contribution in [0.2, 0.25) is 0 Å². The fourth-order valence-electron chi connectivity index (χ4n) is 3.48. The number of piperidine rings is 1. The van der Waals surface area contributed by atoms with Crippen LogP contribution in [0, 0.1) is 6.92 Å². The maximum absolute atomic E-state index is 12.7. The summed E-state index contributed by atoms with van der Waals surface area (Å²) in [6, 6.07) is 6.14. The highest BCUT2D eigenvalue weighted by atomic mass is 16.7. The molecule has 0 aromatic heterocycles. The third kappa shape index (κ3) is 3.42. The standard InChI is InChI=1S/C19H28N2O3/c1-14-6-5-7-15(18(2,3)4)16(14)20-17(22)21-10-8-19(9-11-21)23-12-13-24-19/h5-7H,8-13H2,1-4H3,(H,20,22). The Bertz CT molecular complexity index is 606. The summed E-state index contributed by atoms with van der Waals surface area (Å²) in [6.45, 7) is 11.2. The second-order valence-corrected chi connectivity index (χ2v) is 7.77. The molecule has 1 spiro atoms. The molecule has 132 valence electrons. The Balaban J connectivity index is 1.70. The quantitative estimate of drug-likeness (QED) is 0.854. The Hall–Kier alpha value is -1.59. The maximum Gasteiger partial charge on any atom is 0.321 e. The van der Waals surface area contributed by atoms with E-state index in [1.54, 1.807) is 0 Å². The molecule has 0 saturated carbocycles. The molecule has 24 heavy (non-hydrogen) atoms. The summed E-state index contributed by atoms with van der Waals surface area (Å²) in [5.74, 6) is -0.448. The number of anilines is 1. The number of nitrogens with zero attached hydrogens (tertiary/aromatic N) is 1. The van der Waals surface area contributed by atoms with Gasteiger partial charge in [-0.15, -0.1) is 0 Å². The average Bonchev–Trinajstić information content (AvgIpc) is 2.97. The van der Waals surface area contributed by atoms with Crippen LogP contribution in [0.25, 0.3) is 0 Å². The van der Waals surface area contributed by atoms with Gasteiger partial charge in [-0.1, -0.05) is 39.0 Å². The number of aryl methyl sites for hydroxylation is 1. The molecule has 5 nitrogen and oxygen atoms in total. The van der Waals surface area contributed by atoms with E-state index in [0.717, 1.165) is 29.7 Å². The van der Waals surface area contributed by atoms with E-state index in [1.807, 2.05) is 24.0 Å². The Kier molecular flexibility index (Phi) is 4.58. The fraction of sp³-hybridized carbons (Fsp3) is 0.632.